The van der Waals surface area contributed by atoms with E-state index in [1.165, 1.54) is 5.30 Å². The van der Waals surface area contributed by atoms with Gasteiger partial charge in [-0.3, -0.25) is 0 Å². The van der Waals surface area contributed by atoms with Gasteiger partial charge in [0.2, 0.25) is 0 Å². The van der Waals surface area contributed by atoms with Gasteiger partial charge in [0.25, 0.3) is 0 Å². The van der Waals surface area contributed by atoms with Crippen LogP contribution in [0.2, 0.25) is 0 Å². The van der Waals surface area contributed by atoms with Crippen molar-refractivity contribution in [3.05, 3.63) is 24.3 Å². The molecule has 0 aliphatic carbocycles. The zero-order valence-electron chi connectivity index (χ0n) is 6.46. The summed E-state index contributed by atoms with van der Waals surface area (Å²) < 4.78 is 0. The topological polar surface area (TPSA) is 26.0 Å². The van der Waals surface area contributed by atoms with E-state index in [-0.39, 0.29) is 1.43 Å². The van der Waals surface area contributed by atoms with Gasteiger partial charge in [0.1, 0.15) is 0 Å². The van der Waals surface area contributed by atoms with Gasteiger partial charge in [-0.15, -0.1) is 9.24 Å². The molecule has 0 saturated heterocycles. The molecule has 0 aliphatic heterocycles. The minimum atomic E-state index is 0. The van der Waals surface area contributed by atoms with E-state index < -0.39 is 0 Å². The third-order valence-corrected chi connectivity index (χ3v) is 1.32. The normalized spacial score (nSPS) is 7.90. The molecule has 0 bridgehead atoms. The minimum Gasteiger partial charge on any atom is -0.399 e. The molecule has 10 heavy (non-hydrogen) atoms. The highest BCUT2D eigenvalue weighted by atomic mass is 31.0. The van der Waals surface area contributed by atoms with E-state index in [1.807, 2.05) is 38.1 Å². The Bertz CT molecular complexity index is 153. The SMILES string of the molecule is CC.Nc1ccc(P)cc1.[HH]. The van der Waals surface area contributed by atoms with Crippen molar-refractivity contribution in [3.8, 4) is 0 Å². The van der Waals surface area contributed by atoms with Gasteiger partial charge in [0.05, 0.1) is 0 Å². The molecule has 0 amide bonds. The molecule has 0 saturated carbocycles. The summed E-state index contributed by atoms with van der Waals surface area (Å²) in [5.74, 6) is 0. The maximum Gasteiger partial charge on any atom is 0.0314 e. The second kappa shape index (κ2) is 5.25. The zero-order valence-corrected chi connectivity index (χ0v) is 7.62. The van der Waals surface area contributed by atoms with Gasteiger partial charge in [-0.25, -0.2) is 0 Å². The van der Waals surface area contributed by atoms with Gasteiger partial charge >= 0.3 is 0 Å². The van der Waals surface area contributed by atoms with E-state index in [0.29, 0.717) is 0 Å². The first-order valence-corrected chi connectivity index (χ1v) is 3.98. The maximum atomic E-state index is 5.42. The fourth-order valence-electron chi connectivity index (χ4n) is 0.496. The highest BCUT2D eigenvalue weighted by Gasteiger charge is 1.80. The highest BCUT2D eigenvalue weighted by Crippen LogP contribution is 1.97. The molecule has 1 aromatic carbocycles. The monoisotopic (exact) mass is 157 g/mol. The molecule has 0 fully saturated rings. The minimum absolute atomic E-state index is 0. The lowest BCUT2D eigenvalue weighted by Gasteiger charge is -1.90. The lowest BCUT2D eigenvalue weighted by atomic mass is 10.3. The van der Waals surface area contributed by atoms with Crippen molar-refractivity contribution in [1.82, 2.24) is 0 Å². The van der Waals surface area contributed by atoms with Crippen LogP contribution < -0.4 is 11.0 Å². The molecule has 0 radical (unpaired) electrons. The van der Waals surface area contributed by atoms with E-state index in [9.17, 15) is 0 Å². The molecule has 0 aliphatic rings. The van der Waals surface area contributed by atoms with Crippen LogP contribution in [-0.2, 0) is 0 Å². The van der Waals surface area contributed by atoms with Gasteiger partial charge in [0, 0.05) is 7.11 Å². The molecule has 0 spiro atoms. The summed E-state index contributed by atoms with van der Waals surface area (Å²) >= 11 is 0. The molecule has 0 heterocycles. The van der Waals surface area contributed by atoms with Crippen molar-refractivity contribution in [1.29, 1.82) is 0 Å². The van der Waals surface area contributed by atoms with Gasteiger partial charge in [0.15, 0.2) is 0 Å². The first-order valence-electron chi connectivity index (χ1n) is 3.40. The molecule has 2 heteroatoms. The highest BCUT2D eigenvalue weighted by molar-refractivity contribution is 7.27. The van der Waals surface area contributed by atoms with Gasteiger partial charge in [-0.1, -0.05) is 26.0 Å². The van der Waals surface area contributed by atoms with Crippen molar-refractivity contribution in [2.75, 3.05) is 5.73 Å². The maximum absolute atomic E-state index is 5.42. The van der Waals surface area contributed by atoms with Crippen LogP contribution in [0.4, 0.5) is 5.69 Å². The Kier molecular flexibility index (Phi) is 4.96. The standard InChI is InChI=1S/C6H8NP.C2H6.H2/c7-5-1-3-6(8)4-2-5;1-2;/h1-4H,7-8H2;1-2H3;1H. The largest absolute Gasteiger partial charge is 0.399 e. The number of nitrogens with two attached hydrogens (primary N) is 1. The Morgan fingerprint density at radius 2 is 1.60 bits per heavy atom. The van der Waals surface area contributed by atoms with E-state index in [4.69, 9.17) is 5.73 Å². The Balaban J connectivity index is 0. The molecular formula is C8H16NP. The summed E-state index contributed by atoms with van der Waals surface area (Å²) in [5.41, 5.74) is 6.23. The zero-order chi connectivity index (χ0) is 7.98. The molecule has 1 atom stereocenters. The number of hydrogen-bond acceptors (Lipinski definition) is 1. The van der Waals surface area contributed by atoms with Crippen LogP contribution in [0.1, 0.15) is 15.3 Å². The van der Waals surface area contributed by atoms with Crippen LogP contribution in [0.15, 0.2) is 24.3 Å². The van der Waals surface area contributed by atoms with E-state index in [2.05, 4.69) is 9.24 Å². The van der Waals surface area contributed by atoms with Gasteiger partial charge < -0.3 is 5.73 Å². The van der Waals surface area contributed by atoms with Crippen LogP contribution in [0.25, 0.3) is 0 Å². The summed E-state index contributed by atoms with van der Waals surface area (Å²) in [7, 11) is 2.60. The van der Waals surface area contributed by atoms with Gasteiger partial charge in [-0.05, 0) is 17.4 Å². The summed E-state index contributed by atoms with van der Waals surface area (Å²) in [4.78, 5) is 0. The quantitative estimate of drug-likeness (QED) is 0.452. The Labute approximate surface area is 66.3 Å². The molecule has 1 unspecified atom stereocenters. The lowest BCUT2D eigenvalue weighted by molar-refractivity contribution is 1.50. The predicted molar refractivity (Wildman–Crippen MR) is 53.7 cm³/mol. The van der Waals surface area contributed by atoms with Crippen LogP contribution in [-0.4, -0.2) is 0 Å². The number of nitrogen functional groups attached to an aromatic ring is 1. The van der Waals surface area contributed by atoms with Crippen molar-refractivity contribution < 1.29 is 1.43 Å². The van der Waals surface area contributed by atoms with Crippen LogP contribution in [0, 0.1) is 0 Å². The van der Waals surface area contributed by atoms with Crippen LogP contribution >= 0.6 is 9.24 Å². The van der Waals surface area contributed by atoms with Crippen molar-refractivity contribution in [2.45, 2.75) is 13.8 Å². The molecule has 1 nitrogen and oxygen atoms in total. The number of benzene rings is 1. The fraction of sp³-hybridized carbons (Fsp3) is 0.250. The van der Waals surface area contributed by atoms with Crippen molar-refractivity contribution in [2.24, 2.45) is 0 Å². The Morgan fingerprint density at radius 1 is 1.20 bits per heavy atom. The first kappa shape index (κ1) is 9.45. The van der Waals surface area contributed by atoms with Crippen molar-refractivity contribution in [3.63, 3.8) is 0 Å². The van der Waals surface area contributed by atoms with Crippen LogP contribution in [0.5, 0.6) is 0 Å². The average Bonchev–Trinajstić information content (AvgIpc) is 2.00. The molecule has 58 valence electrons. The number of anilines is 1. The van der Waals surface area contributed by atoms with Gasteiger partial charge in [-0.2, -0.15) is 0 Å². The second-order valence-corrected chi connectivity index (χ2v) is 2.33. The Hall–Kier alpha value is -0.550. The lowest BCUT2D eigenvalue weighted by Crippen LogP contribution is -1.89. The second-order valence-electron chi connectivity index (χ2n) is 1.67. The van der Waals surface area contributed by atoms with Crippen molar-refractivity contribution >= 4 is 20.2 Å². The number of hydrogen-bond donors (Lipinski definition) is 1. The Morgan fingerprint density at radius 3 is 1.90 bits per heavy atom. The summed E-state index contributed by atoms with van der Waals surface area (Å²) in [6.45, 7) is 4.00. The van der Waals surface area contributed by atoms with Crippen LogP contribution in [0.3, 0.4) is 0 Å². The molecule has 2 N–H and O–H groups in total. The summed E-state index contributed by atoms with van der Waals surface area (Å²) in [6.07, 6.45) is 0. The van der Waals surface area contributed by atoms with E-state index >= 15 is 0 Å². The summed E-state index contributed by atoms with van der Waals surface area (Å²) in [6, 6.07) is 7.67. The van der Waals surface area contributed by atoms with E-state index in [0.717, 1.165) is 5.69 Å². The summed E-state index contributed by atoms with van der Waals surface area (Å²) in [5, 5.41) is 1.17. The predicted octanol–water partition coefficient (Wildman–Crippen LogP) is 2.04. The molecule has 0 aromatic heterocycles. The van der Waals surface area contributed by atoms with E-state index in [1.54, 1.807) is 0 Å². The molecular weight excluding hydrogens is 141 g/mol. The average molecular weight is 157 g/mol. The smallest absolute Gasteiger partial charge is 0.0314 e. The molecule has 1 rings (SSSR count). The third kappa shape index (κ3) is 3.47. The first-order chi connectivity index (χ1) is 4.79. The fourth-order valence-corrected chi connectivity index (χ4v) is 0.688. The number of rotatable bonds is 0. The molecule has 1 aromatic rings. The third-order valence-electron chi connectivity index (χ3n) is 0.936.